The van der Waals surface area contributed by atoms with Gasteiger partial charge in [0.1, 0.15) is 5.82 Å². The summed E-state index contributed by atoms with van der Waals surface area (Å²) < 4.78 is 19.2. The first kappa shape index (κ1) is 10.6. The van der Waals surface area contributed by atoms with Gasteiger partial charge in [0, 0.05) is 26.6 Å². The van der Waals surface area contributed by atoms with E-state index in [0.717, 1.165) is 18.7 Å². The molecule has 1 saturated heterocycles. The topological polar surface area (TPSA) is 21.3 Å². The zero-order valence-electron chi connectivity index (χ0n) is 9.14. The number of benzene rings is 1. The summed E-state index contributed by atoms with van der Waals surface area (Å²) in [4.78, 5) is 0. The third-order valence-corrected chi connectivity index (χ3v) is 3.11. The van der Waals surface area contributed by atoms with Gasteiger partial charge in [-0.15, -0.1) is 0 Å². The lowest BCUT2D eigenvalue weighted by Crippen LogP contribution is -2.62. The van der Waals surface area contributed by atoms with Gasteiger partial charge in [-0.25, -0.2) is 4.39 Å². The smallest absolute Gasteiger partial charge is 0.129 e. The molecule has 1 aromatic rings. The molecule has 0 bridgehead atoms. The van der Waals surface area contributed by atoms with E-state index in [-0.39, 0.29) is 11.4 Å². The van der Waals surface area contributed by atoms with E-state index in [0.29, 0.717) is 12.0 Å². The Bertz CT molecular complexity index is 355. The first-order chi connectivity index (χ1) is 7.17. The highest BCUT2D eigenvalue weighted by molar-refractivity contribution is 5.27. The van der Waals surface area contributed by atoms with Gasteiger partial charge in [0.05, 0.1) is 5.60 Å². The molecule has 0 aliphatic carbocycles. The molecule has 3 heteroatoms. The van der Waals surface area contributed by atoms with Crippen LogP contribution in [0.5, 0.6) is 0 Å². The lowest BCUT2D eigenvalue weighted by atomic mass is 9.88. The summed E-state index contributed by atoms with van der Waals surface area (Å²) in [6, 6.07) is 5.52. The highest BCUT2D eigenvalue weighted by Gasteiger charge is 2.37. The molecule has 0 amide bonds. The summed E-state index contributed by atoms with van der Waals surface area (Å²) in [7, 11) is 1.69. The van der Waals surface area contributed by atoms with Gasteiger partial charge >= 0.3 is 0 Å². The van der Waals surface area contributed by atoms with Gasteiger partial charge in [-0.1, -0.05) is 18.2 Å². The maximum absolute atomic E-state index is 13.8. The van der Waals surface area contributed by atoms with Crippen molar-refractivity contribution in [3.63, 3.8) is 0 Å². The van der Waals surface area contributed by atoms with E-state index >= 15 is 0 Å². The first-order valence-electron chi connectivity index (χ1n) is 5.17. The van der Waals surface area contributed by atoms with Gasteiger partial charge in [0.25, 0.3) is 0 Å². The van der Waals surface area contributed by atoms with E-state index in [1.54, 1.807) is 20.1 Å². The Morgan fingerprint density at radius 3 is 2.73 bits per heavy atom. The molecule has 1 aliphatic rings. The Kier molecular flexibility index (Phi) is 2.76. The molecule has 2 nitrogen and oxygen atoms in total. The van der Waals surface area contributed by atoms with Gasteiger partial charge in [-0.2, -0.15) is 0 Å². The van der Waals surface area contributed by atoms with E-state index in [2.05, 4.69) is 5.32 Å². The molecule has 0 spiro atoms. The molecule has 1 N–H and O–H groups in total. The van der Waals surface area contributed by atoms with Gasteiger partial charge in [-0.05, 0) is 18.1 Å². The Balaban J connectivity index is 2.20. The minimum Gasteiger partial charge on any atom is -0.375 e. The molecule has 1 fully saturated rings. The molecule has 0 aromatic heterocycles. The summed E-state index contributed by atoms with van der Waals surface area (Å²) in [6.07, 6.45) is 0.643. The maximum Gasteiger partial charge on any atom is 0.129 e. The number of halogens is 1. The molecular formula is C12H16FNO. The van der Waals surface area contributed by atoms with Crippen molar-refractivity contribution >= 4 is 0 Å². The first-order valence-corrected chi connectivity index (χ1v) is 5.17. The van der Waals surface area contributed by atoms with Gasteiger partial charge in [0.2, 0.25) is 0 Å². The molecule has 1 aliphatic heterocycles. The molecule has 82 valence electrons. The van der Waals surface area contributed by atoms with E-state index < -0.39 is 0 Å². The summed E-state index contributed by atoms with van der Waals surface area (Å²) in [5.41, 5.74) is 1.25. The van der Waals surface area contributed by atoms with Gasteiger partial charge in [-0.3, -0.25) is 0 Å². The molecular weight excluding hydrogens is 193 g/mol. The fraction of sp³-hybridized carbons (Fsp3) is 0.500. The fourth-order valence-corrected chi connectivity index (χ4v) is 1.94. The quantitative estimate of drug-likeness (QED) is 0.817. The summed E-state index contributed by atoms with van der Waals surface area (Å²) in [5.74, 6) is -0.0965. The van der Waals surface area contributed by atoms with Crippen molar-refractivity contribution in [3.8, 4) is 0 Å². The lowest BCUT2D eigenvalue weighted by molar-refractivity contribution is -0.0507. The number of rotatable bonds is 3. The van der Waals surface area contributed by atoms with Crippen LogP contribution < -0.4 is 5.32 Å². The van der Waals surface area contributed by atoms with Crippen LogP contribution in [0.4, 0.5) is 4.39 Å². The van der Waals surface area contributed by atoms with E-state index in [1.165, 1.54) is 0 Å². The van der Waals surface area contributed by atoms with Crippen LogP contribution in [0, 0.1) is 12.7 Å². The van der Waals surface area contributed by atoms with Crippen molar-refractivity contribution in [2.45, 2.75) is 18.9 Å². The average Bonchev–Trinajstić information content (AvgIpc) is 2.18. The van der Waals surface area contributed by atoms with Crippen LogP contribution >= 0.6 is 0 Å². The Morgan fingerprint density at radius 2 is 2.20 bits per heavy atom. The summed E-state index contributed by atoms with van der Waals surface area (Å²) >= 11 is 0. The number of hydrogen-bond donors (Lipinski definition) is 1. The number of methoxy groups -OCH3 is 1. The monoisotopic (exact) mass is 209 g/mol. The van der Waals surface area contributed by atoms with E-state index in [1.807, 2.05) is 12.1 Å². The van der Waals surface area contributed by atoms with Crippen molar-refractivity contribution in [3.05, 3.63) is 35.1 Å². The second-order valence-electron chi connectivity index (χ2n) is 4.22. The molecule has 1 aromatic carbocycles. The number of nitrogens with one attached hydrogen (secondary N) is 1. The normalized spacial score (nSPS) is 18.6. The zero-order chi connectivity index (χ0) is 10.9. The Morgan fingerprint density at radius 1 is 1.47 bits per heavy atom. The van der Waals surface area contributed by atoms with Crippen LogP contribution in [-0.2, 0) is 11.2 Å². The SMILES string of the molecule is COC1(Cc2cccc(C)c2F)CNC1. The molecule has 0 atom stereocenters. The van der Waals surface area contributed by atoms with Crippen LogP contribution in [0.25, 0.3) is 0 Å². The summed E-state index contributed by atoms with van der Waals surface area (Å²) in [6.45, 7) is 3.39. The standard InChI is InChI=1S/C12H16FNO/c1-9-4-3-5-10(11(9)13)6-12(15-2)7-14-8-12/h3-5,14H,6-8H2,1-2H3. The number of aryl methyl sites for hydroxylation is 1. The van der Waals surface area contributed by atoms with Gasteiger partial charge < -0.3 is 10.1 Å². The van der Waals surface area contributed by atoms with Crippen LogP contribution in [0.3, 0.4) is 0 Å². The zero-order valence-corrected chi connectivity index (χ0v) is 9.14. The molecule has 0 unspecified atom stereocenters. The second-order valence-corrected chi connectivity index (χ2v) is 4.22. The van der Waals surface area contributed by atoms with Crippen molar-refractivity contribution < 1.29 is 9.13 Å². The minimum atomic E-state index is -0.200. The van der Waals surface area contributed by atoms with Gasteiger partial charge in [0.15, 0.2) is 0 Å². The third kappa shape index (κ3) is 1.90. The predicted octanol–water partition coefficient (Wildman–Crippen LogP) is 1.67. The predicted molar refractivity (Wildman–Crippen MR) is 57.5 cm³/mol. The fourth-order valence-electron chi connectivity index (χ4n) is 1.94. The Labute approximate surface area is 89.4 Å². The van der Waals surface area contributed by atoms with Crippen molar-refractivity contribution in [1.29, 1.82) is 0 Å². The van der Waals surface area contributed by atoms with Crippen LogP contribution in [0.1, 0.15) is 11.1 Å². The summed E-state index contributed by atoms with van der Waals surface area (Å²) in [5, 5.41) is 3.16. The van der Waals surface area contributed by atoms with E-state index in [9.17, 15) is 4.39 Å². The van der Waals surface area contributed by atoms with Crippen LogP contribution in [0.2, 0.25) is 0 Å². The molecule has 2 rings (SSSR count). The Hall–Kier alpha value is -0.930. The van der Waals surface area contributed by atoms with Crippen LogP contribution in [0.15, 0.2) is 18.2 Å². The van der Waals surface area contributed by atoms with Crippen molar-refractivity contribution in [1.82, 2.24) is 5.32 Å². The molecule has 15 heavy (non-hydrogen) atoms. The molecule has 0 radical (unpaired) electrons. The third-order valence-electron chi connectivity index (χ3n) is 3.11. The highest BCUT2D eigenvalue weighted by Crippen LogP contribution is 2.24. The number of ether oxygens (including phenoxy) is 1. The van der Waals surface area contributed by atoms with E-state index in [4.69, 9.17) is 4.74 Å². The molecule has 1 heterocycles. The second kappa shape index (κ2) is 3.91. The number of hydrogen-bond acceptors (Lipinski definition) is 2. The van der Waals surface area contributed by atoms with Crippen LogP contribution in [-0.4, -0.2) is 25.8 Å². The largest absolute Gasteiger partial charge is 0.375 e. The average molecular weight is 209 g/mol. The maximum atomic E-state index is 13.8. The highest BCUT2D eigenvalue weighted by atomic mass is 19.1. The van der Waals surface area contributed by atoms with Crippen molar-refractivity contribution in [2.24, 2.45) is 0 Å². The minimum absolute atomic E-state index is 0.0965. The lowest BCUT2D eigenvalue weighted by Gasteiger charge is -2.41. The van der Waals surface area contributed by atoms with Crippen molar-refractivity contribution in [2.75, 3.05) is 20.2 Å². The molecule has 0 saturated carbocycles.